The number of imide groups is 1. The van der Waals surface area contributed by atoms with Gasteiger partial charge in [0.1, 0.15) is 6.04 Å². The first-order valence-corrected chi connectivity index (χ1v) is 12.2. The Labute approximate surface area is 212 Å². The number of para-hydroxylation sites is 1. The van der Waals surface area contributed by atoms with Gasteiger partial charge in [0, 0.05) is 50.9 Å². The maximum atomic E-state index is 13.3. The SMILES string of the molecule is CN1CCN(C(=O)c2cn(-c3ccc4c(c3)CN(C3CCC(=O)NC3=O)C4=O)nn2)Cc2ccccc21. The van der Waals surface area contributed by atoms with Crippen LogP contribution in [-0.4, -0.2) is 74.6 Å². The fraction of sp³-hybridized carbons (Fsp3) is 0.308. The van der Waals surface area contributed by atoms with Gasteiger partial charge < -0.3 is 14.7 Å². The van der Waals surface area contributed by atoms with Crippen LogP contribution in [0, 0.1) is 0 Å². The minimum atomic E-state index is -0.672. The van der Waals surface area contributed by atoms with Gasteiger partial charge in [0.05, 0.1) is 11.9 Å². The van der Waals surface area contributed by atoms with E-state index in [1.165, 1.54) is 9.58 Å². The van der Waals surface area contributed by atoms with Crippen LogP contribution in [0.5, 0.6) is 0 Å². The van der Waals surface area contributed by atoms with E-state index < -0.39 is 11.9 Å². The van der Waals surface area contributed by atoms with Crippen molar-refractivity contribution in [2.45, 2.75) is 32.0 Å². The lowest BCUT2D eigenvalue weighted by molar-refractivity contribution is -0.136. The number of benzene rings is 2. The van der Waals surface area contributed by atoms with Crippen molar-refractivity contribution in [3.63, 3.8) is 0 Å². The molecule has 0 saturated carbocycles. The zero-order valence-electron chi connectivity index (χ0n) is 20.3. The molecule has 1 fully saturated rings. The highest BCUT2D eigenvalue weighted by molar-refractivity contribution is 6.05. The lowest BCUT2D eigenvalue weighted by Crippen LogP contribution is -2.52. The molecule has 0 spiro atoms. The molecule has 4 heterocycles. The van der Waals surface area contributed by atoms with Gasteiger partial charge in [0.25, 0.3) is 11.8 Å². The minimum Gasteiger partial charge on any atom is -0.373 e. The molecule has 3 aliphatic rings. The van der Waals surface area contributed by atoms with Gasteiger partial charge in [-0.1, -0.05) is 23.4 Å². The number of anilines is 1. The molecule has 1 unspecified atom stereocenters. The third kappa shape index (κ3) is 4.02. The summed E-state index contributed by atoms with van der Waals surface area (Å²) in [5.74, 6) is -1.20. The van der Waals surface area contributed by atoms with Crippen molar-refractivity contribution in [3.05, 3.63) is 71.0 Å². The summed E-state index contributed by atoms with van der Waals surface area (Å²) in [6, 6.07) is 12.6. The minimum absolute atomic E-state index is 0.197. The van der Waals surface area contributed by atoms with E-state index in [1.54, 1.807) is 23.2 Å². The summed E-state index contributed by atoms with van der Waals surface area (Å²) in [5.41, 5.74) is 4.35. The van der Waals surface area contributed by atoms with E-state index in [4.69, 9.17) is 0 Å². The number of amides is 4. The quantitative estimate of drug-likeness (QED) is 0.536. The second kappa shape index (κ2) is 8.84. The monoisotopic (exact) mass is 499 g/mol. The van der Waals surface area contributed by atoms with Gasteiger partial charge in [0.2, 0.25) is 11.8 Å². The molecule has 1 aromatic heterocycles. The van der Waals surface area contributed by atoms with Crippen molar-refractivity contribution in [3.8, 4) is 5.69 Å². The molecule has 3 aromatic rings. The van der Waals surface area contributed by atoms with Crippen LogP contribution >= 0.6 is 0 Å². The molecule has 0 radical (unpaired) electrons. The van der Waals surface area contributed by atoms with Gasteiger partial charge >= 0.3 is 0 Å². The predicted octanol–water partition coefficient (Wildman–Crippen LogP) is 1.12. The van der Waals surface area contributed by atoms with Gasteiger partial charge in [-0.15, -0.1) is 5.10 Å². The number of nitrogens with one attached hydrogen (secondary N) is 1. The average molecular weight is 500 g/mol. The van der Waals surface area contributed by atoms with Gasteiger partial charge in [0.15, 0.2) is 5.69 Å². The molecule has 6 rings (SSSR count). The number of rotatable bonds is 3. The summed E-state index contributed by atoms with van der Waals surface area (Å²) in [6.07, 6.45) is 2.11. The van der Waals surface area contributed by atoms with Crippen molar-refractivity contribution in [2.24, 2.45) is 0 Å². The highest BCUT2D eigenvalue weighted by atomic mass is 16.2. The number of piperidine rings is 1. The summed E-state index contributed by atoms with van der Waals surface area (Å²) >= 11 is 0. The topological polar surface area (TPSA) is 121 Å². The molecule has 188 valence electrons. The highest BCUT2D eigenvalue weighted by Crippen LogP contribution is 2.29. The van der Waals surface area contributed by atoms with Gasteiger partial charge in [-0.2, -0.15) is 0 Å². The van der Waals surface area contributed by atoms with Crippen molar-refractivity contribution in [2.75, 3.05) is 25.0 Å². The Morgan fingerprint density at radius 3 is 2.70 bits per heavy atom. The highest BCUT2D eigenvalue weighted by Gasteiger charge is 2.39. The van der Waals surface area contributed by atoms with Crippen LogP contribution in [0.1, 0.15) is 44.8 Å². The Morgan fingerprint density at radius 1 is 1.03 bits per heavy atom. The van der Waals surface area contributed by atoms with E-state index in [0.717, 1.165) is 16.8 Å². The number of fused-ring (bicyclic) bond motifs is 2. The maximum Gasteiger partial charge on any atom is 0.276 e. The molecule has 11 nitrogen and oxygen atoms in total. The molecule has 37 heavy (non-hydrogen) atoms. The molecule has 0 bridgehead atoms. The Hall–Kier alpha value is -4.54. The normalized spacial score (nSPS) is 19.4. The largest absolute Gasteiger partial charge is 0.373 e. The Bertz CT molecular complexity index is 1450. The van der Waals surface area contributed by atoms with Crippen molar-refractivity contribution >= 4 is 29.3 Å². The fourth-order valence-electron chi connectivity index (χ4n) is 5.22. The van der Waals surface area contributed by atoms with E-state index in [1.807, 2.05) is 31.3 Å². The lowest BCUT2D eigenvalue weighted by atomic mass is 10.0. The van der Waals surface area contributed by atoms with Crippen LogP contribution < -0.4 is 10.2 Å². The van der Waals surface area contributed by atoms with Crippen LogP contribution in [0.2, 0.25) is 0 Å². The summed E-state index contributed by atoms with van der Waals surface area (Å²) in [6.45, 7) is 2.02. The summed E-state index contributed by atoms with van der Waals surface area (Å²) in [5, 5.41) is 10.6. The first-order chi connectivity index (χ1) is 17.9. The van der Waals surface area contributed by atoms with E-state index in [9.17, 15) is 19.2 Å². The maximum absolute atomic E-state index is 13.3. The number of hydrogen-bond donors (Lipinski definition) is 1. The molecule has 4 amide bonds. The smallest absolute Gasteiger partial charge is 0.276 e. The van der Waals surface area contributed by atoms with Crippen molar-refractivity contribution < 1.29 is 19.2 Å². The summed E-state index contributed by atoms with van der Waals surface area (Å²) in [7, 11) is 2.02. The summed E-state index contributed by atoms with van der Waals surface area (Å²) < 4.78 is 1.52. The van der Waals surface area contributed by atoms with Crippen LogP contribution in [0.25, 0.3) is 5.69 Å². The van der Waals surface area contributed by atoms with E-state index >= 15 is 0 Å². The van der Waals surface area contributed by atoms with Crippen LogP contribution in [0.15, 0.2) is 48.7 Å². The third-order valence-electron chi connectivity index (χ3n) is 7.24. The molecule has 2 aromatic carbocycles. The standard InChI is InChI=1S/C26H25N7O4/c1-30-10-11-31(13-16-4-2-3-5-21(16)30)26(37)20-15-33(29-28-20)18-6-7-19-17(12-18)14-32(25(19)36)22-8-9-23(34)27-24(22)35/h2-7,12,15,22H,8-11,13-14H2,1H3,(H,27,34,35). The molecule has 1 N–H and O–H groups in total. The Kier molecular flexibility index (Phi) is 5.47. The number of carbonyl (C=O) groups is 4. The first kappa shape index (κ1) is 22.9. The number of nitrogens with zero attached hydrogens (tertiary/aromatic N) is 6. The molecule has 3 aliphatic heterocycles. The predicted molar refractivity (Wildman–Crippen MR) is 132 cm³/mol. The molecular formula is C26H25N7O4. The van der Waals surface area contributed by atoms with Gasteiger partial charge in [-0.05, 0) is 41.8 Å². The first-order valence-electron chi connectivity index (χ1n) is 12.2. The van der Waals surface area contributed by atoms with Gasteiger partial charge in [-0.25, -0.2) is 4.68 Å². The fourth-order valence-corrected chi connectivity index (χ4v) is 5.22. The summed E-state index contributed by atoms with van der Waals surface area (Å²) in [4.78, 5) is 55.4. The number of hydrogen-bond acceptors (Lipinski definition) is 7. The third-order valence-corrected chi connectivity index (χ3v) is 7.24. The van der Waals surface area contributed by atoms with E-state index in [2.05, 4.69) is 26.6 Å². The van der Waals surface area contributed by atoms with Crippen molar-refractivity contribution in [1.29, 1.82) is 0 Å². The number of likely N-dealkylation sites (N-methyl/N-ethyl adjacent to an activating group) is 1. The Morgan fingerprint density at radius 2 is 1.86 bits per heavy atom. The molecule has 0 aliphatic carbocycles. The zero-order chi connectivity index (χ0) is 25.7. The molecule has 1 saturated heterocycles. The lowest BCUT2D eigenvalue weighted by Gasteiger charge is -2.29. The van der Waals surface area contributed by atoms with Crippen LogP contribution in [0.4, 0.5) is 5.69 Å². The molecular weight excluding hydrogens is 474 g/mol. The van der Waals surface area contributed by atoms with Crippen LogP contribution in [0.3, 0.4) is 0 Å². The van der Waals surface area contributed by atoms with Crippen molar-refractivity contribution in [1.82, 2.24) is 30.1 Å². The second-order valence-corrected chi connectivity index (χ2v) is 9.57. The van der Waals surface area contributed by atoms with E-state index in [-0.39, 0.29) is 36.4 Å². The molecule has 1 atom stereocenters. The zero-order valence-corrected chi connectivity index (χ0v) is 20.3. The second-order valence-electron chi connectivity index (χ2n) is 9.57. The van der Waals surface area contributed by atoms with Crippen LogP contribution in [-0.2, 0) is 22.7 Å². The number of aromatic nitrogens is 3. The average Bonchev–Trinajstić information content (AvgIpc) is 3.47. The molecule has 11 heteroatoms. The number of carbonyl (C=O) groups excluding carboxylic acids is 4. The van der Waals surface area contributed by atoms with Gasteiger partial charge in [-0.3, -0.25) is 24.5 Å². The Balaban J connectivity index is 1.20. The van der Waals surface area contributed by atoms with E-state index in [0.29, 0.717) is 37.3 Å².